The maximum atomic E-state index is 12.0. The Kier molecular flexibility index (Phi) is 5.90. The van der Waals surface area contributed by atoms with Crippen LogP contribution in [0.3, 0.4) is 0 Å². The second kappa shape index (κ2) is 7.70. The second-order valence-electron chi connectivity index (χ2n) is 5.46. The normalized spacial score (nSPS) is 12.2. The number of carbonyl (C=O) groups excluding carboxylic acids is 1. The number of halogens is 1. The van der Waals surface area contributed by atoms with E-state index in [0.29, 0.717) is 5.69 Å². The number of rotatable bonds is 6. The van der Waals surface area contributed by atoms with Crippen molar-refractivity contribution in [2.24, 2.45) is 5.92 Å². The largest absolute Gasteiger partial charge is 0.480 e. The first kappa shape index (κ1) is 17.6. The fourth-order valence-corrected chi connectivity index (χ4v) is 3.26. The SMILES string of the molecule is CC(C)C(NC(=O)Cc1csc(-c2cccc(Br)c2)n1)C(=O)O. The lowest BCUT2D eigenvalue weighted by molar-refractivity contribution is -0.143. The highest BCUT2D eigenvalue weighted by molar-refractivity contribution is 9.10. The summed E-state index contributed by atoms with van der Waals surface area (Å²) in [5.74, 6) is -1.54. The van der Waals surface area contributed by atoms with Gasteiger partial charge in [-0.15, -0.1) is 11.3 Å². The van der Waals surface area contributed by atoms with Crippen molar-refractivity contribution in [2.45, 2.75) is 26.3 Å². The van der Waals surface area contributed by atoms with Crippen molar-refractivity contribution in [3.8, 4) is 10.6 Å². The summed E-state index contributed by atoms with van der Waals surface area (Å²) < 4.78 is 0.964. The van der Waals surface area contributed by atoms with Crippen molar-refractivity contribution in [2.75, 3.05) is 0 Å². The lowest BCUT2D eigenvalue weighted by Crippen LogP contribution is -2.44. The Morgan fingerprint density at radius 3 is 2.74 bits per heavy atom. The molecule has 2 N–H and O–H groups in total. The van der Waals surface area contributed by atoms with Crippen LogP contribution in [0.2, 0.25) is 0 Å². The number of aromatic nitrogens is 1. The third-order valence-electron chi connectivity index (χ3n) is 3.21. The van der Waals surface area contributed by atoms with Crippen LogP contribution in [0.4, 0.5) is 0 Å². The molecule has 1 unspecified atom stereocenters. The number of amides is 1. The number of aliphatic carboxylic acids is 1. The van der Waals surface area contributed by atoms with Gasteiger partial charge in [-0.3, -0.25) is 4.79 Å². The quantitative estimate of drug-likeness (QED) is 0.784. The van der Waals surface area contributed by atoms with Crippen molar-refractivity contribution < 1.29 is 14.7 Å². The molecule has 0 fully saturated rings. The number of nitrogens with zero attached hydrogens (tertiary/aromatic N) is 1. The molecule has 5 nitrogen and oxygen atoms in total. The topological polar surface area (TPSA) is 79.3 Å². The van der Waals surface area contributed by atoms with Crippen LogP contribution in [0.5, 0.6) is 0 Å². The van der Waals surface area contributed by atoms with E-state index in [1.54, 1.807) is 13.8 Å². The number of hydrogen-bond acceptors (Lipinski definition) is 4. The van der Waals surface area contributed by atoms with Crippen LogP contribution in [-0.2, 0) is 16.0 Å². The molecule has 0 bridgehead atoms. The van der Waals surface area contributed by atoms with Gasteiger partial charge >= 0.3 is 5.97 Å². The van der Waals surface area contributed by atoms with E-state index in [1.807, 2.05) is 29.6 Å². The highest BCUT2D eigenvalue weighted by atomic mass is 79.9. The molecule has 0 aliphatic carbocycles. The summed E-state index contributed by atoms with van der Waals surface area (Å²) in [6.45, 7) is 3.51. The molecule has 7 heteroatoms. The minimum Gasteiger partial charge on any atom is -0.480 e. The highest BCUT2D eigenvalue weighted by Crippen LogP contribution is 2.26. The van der Waals surface area contributed by atoms with E-state index in [4.69, 9.17) is 5.11 Å². The minimum absolute atomic E-state index is 0.0704. The standard InChI is InChI=1S/C16H17BrN2O3S/c1-9(2)14(16(21)22)19-13(20)7-12-8-23-15(18-12)10-4-3-5-11(17)6-10/h3-6,8-9,14H,7H2,1-2H3,(H,19,20)(H,21,22). The van der Waals surface area contributed by atoms with Gasteiger partial charge in [-0.05, 0) is 18.1 Å². The van der Waals surface area contributed by atoms with Crippen molar-refractivity contribution >= 4 is 39.1 Å². The summed E-state index contributed by atoms with van der Waals surface area (Å²) in [7, 11) is 0. The number of carboxylic acid groups (broad SMARTS) is 1. The Morgan fingerprint density at radius 2 is 2.13 bits per heavy atom. The smallest absolute Gasteiger partial charge is 0.326 e. The Balaban J connectivity index is 2.04. The summed E-state index contributed by atoms with van der Waals surface area (Å²) in [5.41, 5.74) is 1.61. The molecule has 122 valence electrons. The zero-order valence-electron chi connectivity index (χ0n) is 12.7. The van der Waals surface area contributed by atoms with Crippen molar-refractivity contribution in [3.63, 3.8) is 0 Å². The molecule has 0 radical (unpaired) electrons. The fourth-order valence-electron chi connectivity index (χ4n) is 2.04. The Hall–Kier alpha value is -1.73. The number of benzene rings is 1. The summed E-state index contributed by atoms with van der Waals surface area (Å²) in [4.78, 5) is 27.6. The molecule has 0 spiro atoms. The molecule has 1 amide bonds. The lowest BCUT2D eigenvalue weighted by atomic mass is 10.0. The van der Waals surface area contributed by atoms with Gasteiger partial charge in [-0.2, -0.15) is 0 Å². The van der Waals surface area contributed by atoms with E-state index < -0.39 is 12.0 Å². The number of hydrogen-bond donors (Lipinski definition) is 2. The van der Waals surface area contributed by atoms with Gasteiger partial charge in [0, 0.05) is 15.4 Å². The van der Waals surface area contributed by atoms with Gasteiger partial charge in [0.05, 0.1) is 12.1 Å². The minimum atomic E-state index is -1.03. The van der Waals surface area contributed by atoms with Gasteiger partial charge in [0.2, 0.25) is 5.91 Å². The molecule has 0 aliphatic rings. The van der Waals surface area contributed by atoms with Gasteiger partial charge < -0.3 is 10.4 Å². The van der Waals surface area contributed by atoms with Gasteiger partial charge in [0.15, 0.2) is 0 Å². The second-order valence-corrected chi connectivity index (χ2v) is 7.23. The van der Waals surface area contributed by atoms with Gasteiger partial charge in [0.25, 0.3) is 0 Å². The molecular weight excluding hydrogens is 380 g/mol. The van der Waals surface area contributed by atoms with Gasteiger partial charge in [0.1, 0.15) is 11.0 Å². The number of thiazole rings is 1. The number of nitrogens with one attached hydrogen (secondary N) is 1. The van der Waals surface area contributed by atoms with E-state index in [2.05, 4.69) is 26.2 Å². The average molecular weight is 397 g/mol. The molecule has 1 heterocycles. The lowest BCUT2D eigenvalue weighted by Gasteiger charge is -2.17. The molecule has 0 aliphatic heterocycles. The molecule has 1 aromatic carbocycles. The summed E-state index contributed by atoms with van der Waals surface area (Å²) >= 11 is 4.87. The third-order valence-corrected chi connectivity index (χ3v) is 4.65. The molecule has 2 aromatic rings. The van der Waals surface area contributed by atoms with Gasteiger partial charge in [-0.25, -0.2) is 9.78 Å². The summed E-state index contributed by atoms with van der Waals surface area (Å²) in [6.07, 6.45) is 0.0704. The number of carboxylic acids is 1. The third kappa shape index (κ3) is 4.87. The summed E-state index contributed by atoms with van der Waals surface area (Å²) in [5, 5.41) is 14.3. The molecule has 0 saturated carbocycles. The molecule has 1 atom stereocenters. The summed E-state index contributed by atoms with van der Waals surface area (Å²) in [6, 6.07) is 6.89. The first-order valence-corrected chi connectivity index (χ1v) is 8.76. The molecule has 23 heavy (non-hydrogen) atoms. The maximum Gasteiger partial charge on any atom is 0.326 e. The Labute approximate surface area is 146 Å². The van der Waals surface area contributed by atoms with Crippen molar-refractivity contribution in [3.05, 3.63) is 39.8 Å². The van der Waals surface area contributed by atoms with Crippen LogP contribution < -0.4 is 5.32 Å². The van der Waals surface area contributed by atoms with E-state index in [9.17, 15) is 9.59 Å². The van der Waals surface area contributed by atoms with Crippen molar-refractivity contribution in [1.82, 2.24) is 10.3 Å². The van der Waals surface area contributed by atoms with Gasteiger partial charge in [-0.1, -0.05) is 41.9 Å². The van der Waals surface area contributed by atoms with E-state index in [0.717, 1.165) is 15.0 Å². The van der Waals surface area contributed by atoms with Crippen LogP contribution in [0.1, 0.15) is 19.5 Å². The average Bonchev–Trinajstić information content (AvgIpc) is 2.92. The molecule has 1 aromatic heterocycles. The first-order valence-electron chi connectivity index (χ1n) is 7.09. The van der Waals surface area contributed by atoms with Crippen molar-refractivity contribution in [1.29, 1.82) is 0 Å². The molecule has 2 rings (SSSR count). The predicted molar refractivity (Wildman–Crippen MR) is 93.4 cm³/mol. The highest BCUT2D eigenvalue weighted by Gasteiger charge is 2.23. The monoisotopic (exact) mass is 396 g/mol. The zero-order valence-corrected chi connectivity index (χ0v) is 15.1. The van der Waals surface area contributed by atoms with E-state index >= 15 is 0 Å². The number of carbonyl (C=O) groups is 2. The molecule has 0 saturated heterocycles. The van der Waals surface area contributed by atoms with Crippen LogP contribution >= 0.6 is 27.3 Å². The van der Waals surface area contributed by atoms with E-state index in [1.165, 1.54) is 11.3 Å². The van der Waals surface area contributed by atoms with Crippen LogP contribution in [-0.4, -0.2) is 28.0 Å². The molecular formula is C16H17BrN2O3S. The van der Waals surface area contributed by atoms with Crippen LogP contribution in [0.25, 0.3) is 10.6 Å². The van der Waals surface area contributed by atoms with E-state index in [-0.39, 0.29) is 18.2 Å². The maximum absolute atomic E-state index is 12.0. The first-order chi connectivity index (χ1) is 10.9. The fraction of sp³-hybridized carbons (Fsp3) is 0.312. The Morgan fingerprint density at radius 1 is 1.39 bits per heavy atom. The Bertz CT molecular complexity index is 715. The predicted octanol–water partition coefficient (Wildman–Crippen LogP) is 3.34. The zero-order chi connectivity index (χ0) is 17.0. The van der Waals surface area contributed by atoms with Crippen LogP contribution in [0, 0.1) is 5.92 Å². The van der Waals surface area contributed by atoms with Crippen LogP contribution in [0.15, 0.2) is 34.1 Å².